The predicted molar refractivity (Wildman–Crippen MR) is 70.7 cm³/mol. The molecule has 0 aliphatic heterocycles. The lowest BCUT2D eigenvalue weighted by Crippen LogP contribution is -2.48. The van der Waals surface area contributed by atoms with Crippen LogP contribution in [0, 0.1) is 0 Å². The van der Waals surface area contributed by atoms with Gasteiger partial charge >= 0.3 is 12.0 Å². The molecule has 0 aromatic carbocycles. The molecule has 6 nitrogen and oxygen atoms in total. The highest BCUT2D eigenvalue weighted by Gasteiger charge is 2.24. The Bertz CT molecular complexity index is 267. The monoisotopic (exact) mass is 259 g/mol. The average molecular weight is 259 g/mol. The lowest BCUT2D eigenvalue weighted by molar-refractivity contribution is -0.141. The number of amides is 2. The van der Waals surface area contributed by atoms with Crippen molar-refractivity contribution in [2.24, 2.45) is 0 Å². The molecule has 6 heteroatoms. The first-order valence-electron chi connectivity index (χ1n) is 6.43. The SMILES string of the molecule is CCC(C(=O)O)N(C)C(=O)NCCN(CC)CC. The van der Waals surface area contributed by atoms with Gasteiger partial charge in [0.2, 0.25) is 0 Å². The minimum absolute atomic E-state index is 0.337. The molecule has 0 heterocycles. The van der Waals surface area contributed by atoms with Crippen LogP contribution in [0.1, 0.15) is 27.2 Å². The van der Waals surface area contributed by atoms with E-state index in [0.29, 0.717) is 13.0 Å². The molecule has 0 rings (SSSR count). The Morgan fingerprint density at radius 2 is 1.78 bits per heavy atom. The Morgan fingerprint density at radius 3 is 2.17 bits per heavy atom. The molecule has 0 fully saturated rings. The second-order valence-electron chi connectivity index (χ2n) is 4.13. The summed E-state index contributed by atoms with van der Waals surface area (Å²) in [7, 11) is 1.51. The van der Waals surface area contributed by atoms with E-state index < -0.39 is 12.0 Å². The quantitative estimate of drug-likeness (QED) is 0.677. The van der Waals surface area contributed by atoms with Crippen molar-refractivity contribution in [3.8, 4) is 0 Å². The minimum Gasteiger partial charge on any atom is -0.480 e. The molecule has 0 saturated heterocycles. The van der Waals surface area contributed by atoms with Gasteiger partial charge in [0.05, 0.1) is 0 Å². The van der Waals surface area contributed by atoms with Crippen LogP contribution in [-0.2, 0) is 4.79 Å². The third-order valence-electron chi connectivity index (χ3n) is 3.06. The van der Waals surface area contributed by atoms with E-state index in [2.05, 4.69) is 24.1 Å². The van der Waals surface area contributed by atoms with Gasteiger partial charge < -0.3 is 20.2 Å². The summed E-state index contributed by atoms with van der Waals surface area (Å²) < 4.78 is 0. The molecule has 106 valence electrons. The first kappa shape index (κ1) is 16.7. The van der Waals surface area contributed by atoms with Gasteiger partial charge in [0.25, 0.3) is 0 Å². The van der Waals surface area contributed by atoms with Crippen LogP contribution in [0.3, 0.4) is 0 Å². The fourth-order valence-electron chi connectivity index (χ4n) is 1.74. The Morgan fingerprint density at radius 1 is 1.22 bits per heavy atom. The maximum absolute atomic E-state index is 11.7. The number of hydrogen-bond acceptors (Lipinski definition) is 3. The highest BCUT2D eigenvalue weighted by Crippen LogP contribution is 2.01. The predicted octanol–water partition coefficient (Wildman–Crippen LogP) is 0.833. The van der Waals surface area contributed by atoms with Crippen LogP contribution in [0.25, 0.3) is 0 Å². The van der Waals surface area contributed by atoms with Crippen LogP contribution in [0.5, 0.6) is 0 Å². The number of carbonyl (C=O) groups is 2. The standard InChI is InChI=1S/C12H25N3O3/c1-5-10(11(16)17)14(4)12(18)13-8-9-15(6-2)7-3/h10H,5-9H2,1-4H3,(H,13,18)(H,16,17). The van der Waals surface area contributed by atoms with E-state index in [1.807, 2.05) is 0 Å². The zero-order valence-electron chi connectivity index (χ0n) is 11.8. The first-order chi connectivity index (χ1) is 8.47. The van der Waals surface area contributed by atoms with Crippen LogP contribution < -0.4 is 5.32 Å². The van der Waals surface area contributed by atoms with Gasteiger partial charge in [-0.2, -0.15) is 0 Å². The van der Waals surface area contributed by atoms with E-state index in [4.69, 9.17) is 5.11 Å². The third-order valence-corrected chi connectivity index (χ3v) is 3.06. The molecule has 2 N–H and O–H groups in total. The number of nitrogens with one attached hydrogen (secondary N) is 1. The van der Waals surface area contributed by atoms with Crippen molar-refractivity contribution < 1.29 is 14.7 Å². The second kappa shape index (κ2) is 8.74. The summed E-state index contributed by atoms with van der Waals surface area (Å²) in [6.07, 6.45) is 0.398. The largest absolute Gasteiger partial charge is 0.480 e. The summed E-state index contributed by atoms with van der Waals surface area (Å²) in [5.41, 5.74) is 0. The fraction of sp³-hybridized carbons (Fsp3) is 0.833. The second-order valence-corrected chi connectivity index (χ2v) is 4.13. The zero-order chi connectivity index (χ0) is 14.1. The van der Waals surface area contributed by atoms with E-state index in [-0.39, 0.29) is 6.03 Å². The first-order valence-corrected chi connectivity index (χ1v) is 6.43. The van der Waals surface area contributed by atoms with Crippen molar-refractivity contribution in [3.05, 3.63) is 0 Å². The van der Waals surface area contributed by atoms with Gasteiger partial charge in [-0.25, -0.2) is 9.59 Å². The summed E-state index contributed by atoms with van der Waals surface area (Å²) in [6.45, 7) is 9.06. The van der Waals surface area contributed by atoms with Crippen molar-refractivity contribution in [2.75, 3.05) is 33.2 Å². The average Bonchev–Trinajstić information content (AvgIpc) is 2.34. The smallest absolute Gasteiger partial charge is 0.326 e. The van der Waals surface area contributed by atoms with Gasteiger partial charge in [-0.15, -0.1) is 0 Å². The summed E-state index contributed by atoms with van der Waals surface area (Å²) in [5.74, 6) is -0.973. The van der Waals surface area contributed by atoms with Gasteiger partial charge in [-0.1, -0.05) is 20.8 Å². The number of hydrogen-bond donors (Lipinski definition) is 2. The normalized spacial score (nSPS) is 12.3. The number of carboxylic acid groups (broad SMARTS) is 1. The van der Waals surface area contributed by atoms with E-state index in [1.54, 1.807) is 6.92 Å². The van der Waals surface area contributed by atoms with Crippen LogP contribution >= 0.6 is 0 Å². The Kier molecular flexibility index (Phi) is 8.11. The number of rotatable bonds is 8. The molecule has 0 aromatic rings. The number of urea groups is 1. The van der Waals surface area contributed by atoms with E-state index >= 15 is 0 Å². The molecule has 0 saturated carbocycles. The van der Waals surface area contributed by atoms with Crippen LogP contribution in [-0.4, -0.2) is 66.2 Å². The molecule has 2 amide bonds. The van der Waals surface area contributed by atoms with E-state index in [1.165, 1.54) is 11.9 Å². The van der Waals surface area contributed by atoms with Gasteiger partial charge in [0, 0.05) is 20.1 Å². The number of carbonyl (C=O) groups excluding carboxylic acids is 1. The summed E-state index contributed by atoms with van der Waals surface area (Å²) in [6, 6.07) is -1.10. The molecule has 0 aliphatic carbocycles. The van der Waals surface area contributed by atoms with Gasteiger partial charge in [0.15, 0.2) is 0 Å². The summed E-state index contributed by atoms with van der Waals surface area (Å²) in [5, 5.41) is 11.7. The number of aliphatic carboxylic acids is 1. The topological polar surface area (TPSA) is 72.9 Å². The van der Waals surface area contributed by atoms with Crippen molar-refractivity contribution in [2.45, 2.75) is 33.2 Å². The minimum atomic E-state index is -0.973. The molecule has 0 aromatic heterocycles. The van der Waals surface area contributed by atoms with Gasteiger partial charge in [-0.05, 0) is 19.5 Å². The Labute approximate surface area is 109 Å². The highest BCUT2D eigenvalue weighted by molar-refractivity contribution is 5.82. The van der Waals surface area contributed by atoms with Gasteiger partial charge in [-0.3, -0.25) is 0 Å². The Balaban J connectivity index is 4.12. The van der Waals surface area contributed by atoms with E-state index in [0.717, 1.165) is 19.6 Å². The molecule has 18 heavy (non-hydrogen) atoms. The number of nitrogens with zero attached hydrogens (tertiary/aromatic N) is 2. The molecule has 0 spiro atoms. The zero-order valence-corrected chi connectivity index (χ0v) is 11.8. The molecule has 1 unspecified atom stereocenters. The maximum atomic E-state index is 11.7. The molecular weight excluding hydrogens is 234 g/mol. The lowest BCUT2D eigenvalue weighted by Gasteiger charge is -2.25. The van der Waals surface area contributed by atoms with Crippen molar-refractivity contribution in [1.29, 1.82) is 0 Å². The number of carboxylic acids is 1. The van der Waals surface area contributed by atoms with Crippen molar-refractivity contribution in [3.63, 3.8) is 0 Å². The van der Waals surface area contributed by atoms with Crippen LogP contribution in [0.4, 0.5) is 4.79 Å². The third kappa shape index (κ3) is 5.35. The van der Waals surface area contributed by atoms with Crippen LogP contribution in [0.15, 0.2) is 0 Å². The molecule has 0 bridgehead atoms. The molecule has 1 atom stereocenters. The summed E-state index contributed by atoms with van der Waals surface area (Å²) in [4.78, 5) is 26.1. The van der Waals surface area contributed by atoms with Gasteiger partial charge in [0.1, 0.15) is 6.04 Å². The van der Waals surface area contributed by atoms with Crippen molar-refractivity contribution >= 4 is 12.0 Å². The maximum Gasteiger partial charge on any atom is 0.326 e. The Hall–Kier alpha value is -1.30. The molecular formula is C12H25N3O3. The number of likely N-dealkylation sites (N-methyl/N-ethyl adjacent to an activating group) is 2. The molecule has 0 radical (unpaired) electrons. The van der Waals surface area contributed by atoms with E-state index in [9.17, 15) is 9.59 Å². The fourth-order valence-corrected chi connectivity index (χ4v) is 1.74. The van der Waals surface area contributed by atoms with Crippen molar-refractivity contribution in [1.82, 2.24) is 15.1 Å². The summed E-state index contributed by atoms with van der Waals surface area (Å²) >= 11 is 0. The lowest BCUT2D eigenvalue weighted by atomic mass is 10.2. The highest BCUT2D eigenvalue weighted by atomic mass is 16.4. The molecule has 0 aliphatic rings. The van der Waals surface area contributed by atoms with Crippen LogP contribution in [0.2, 0.25) is 0 Å².